The van der Waals surface area contributed by atoms with Gasteiger partial charge in [0.1, 0.15) is 11.6 Å². The van der Waals surface area contributed by atoms with Gasteiger partial charge in [-0.05, 0) is 42.0 Å². The van der Waals surface area contributed by atoms with Gasteiger partial charge in [0.25, 0.3) is 5.56 Å². The van der Waals surface area contributed by atoms with Gasteiger partial charge in [0.15, 0.2) is 0 Å². The molecular weight excluding hydrogens is 353 g/mol. The summed E-state index contributed by atoms with van der Waals surface area (Å²) in [6, 6.07) is 13.8. The maximum atomic E-state index is 13.4. The second-order valence-electron chi connectivity index (χ2n) is 6.44. The maximum Gasteiger partial charge on any atom is 0.255 e. The lowest BCUT2D eigenvalue weighted by Crippen LogP contribution is -2.35. The highest BCUT2D eigenvalue weighted by Gasteiger charge is 2.21. The molecule has 0 aliphatic carbocycles. The third-order valence-corrected chi connectivity index (χ3v) is 4.81. The molecule has 2 aromatic carbocycles. The molecule has 0 radical (unpaired) electrons. The molecule has 0 fully saturated rings. The van der Waals surface area contributed by atoms with Crippen LogP contribution >= 0.6 is 11.6 Å². The Morgan fingerprint density at radius 3 is 2.77 bits per heavy atom. The first-order valence-electron chi connectivity index (χ1n) is 8.43. The van der Waals surface area contributed by atoms with Gasteiger partial charge in [-0.15, -0.1) is 0 Å². The van der Waals surface area contributed by atoms with Gasteiger partial charge in [0, 0.05) is 36.6 Å². The molecule has 1 aliphatic rings. The first-order chi connectivity index (χ1) is 12.6. The molecule has 0 amide bonds. The van der Waals surface area contributed by atoms with Crippen LogP contribution in [0.25, 0.3) is 11.4 Å². The smallest absolute Gasteiger partial charge is 0.255 e. The van der Waals surface area contributed by atoms with Gasteiger partial charge >= 0.3 is 0 Å². The molecule has 3 aromatic rings. The van der Waals surface area contributed by atoms with Crippen LogP contribution in [0, 0.1) is 5.82 Å². The highest BCUT2D eigenvalue weighted by Crippen LogP contribution is 2.21. The highest BCUT2D eigenvalue weighted by molar-refractivity contribution is 6.30. The van der Waals surface area contributed by atoms with Crippen LogP contribution in [0.3, 0.4) is 0 Å². The van der Waals surface area contributed by atoms with Crippen LogP contribution in [0.2, 0.25) is 5.02 Å². The fourth-order valence-electron chi connectivity index (χ4n) is 3.25. The Bertz CT molecular complexity index is 1000. The summed E-state index contributed by atoms with van der Waals surface area (Å²) in [7, 11) is 0. The number of aromatic amines is 1. The van der Waals surface area contributed by atoms with Gasteiger partial charge in [-0.3, -0.25) is 9.69 Å². The quantitative estimate of drug-likeness (QED) is 0.764. The Morgan fingerprint density at radius 2 is 2.00 bits per heavy atom. The number of fused-ring (bicyclic) bond motifs is 1. The monoisotopic (exact) mass is 369 g/mol. The van der Waals surface area contributed by atoms with E-state index in [1.165, 1.54) is 12.1 Å². The lowest BCUT2D eigenvalue weighted by Gasteiger charge is -2.27. The van der Waals surface area contributed by atoms with E-state index in [0.717, 1.165) is 23.4 Å². The zero-order valence-electron chi connectivity index (χ0n) is 14.0. The third kappa shape index (κ3) is 3.54. The fourth-order valence-corrected chi connectivity index (χ4v) is 3.38. The molecule has 0 saturated carbocycles. The number of hydrogen-bond donors (Lipinski definition) is 1. The largest absolute Gasteiger partial charge is 0.306 e. The SMILES string of the molecule is O=c1[nH]c(-c2ccc(Cl)cc2)nc2c1CN(Cc1cccc(F)c1)CC2. The number of nitrogens with one attached hydrogen (secondary N) is 1. The van der Waals surface area contributed by atoms with Crippen LogP contribution in [-0.2, 0) is 19.5 Å². The summed E-state index contributed by atoms with van der Waals surface area (Å²) in [5.41, 5.74) is 3.12. The minimum atomic E-state index is -0.243. The van der Waals surface area contributed by atoms with E-state index in [4.69, 9.17) is 11.6 Å². The van der Waals surface area contributed by atoms with E-state index >= 15 is 0 Å². The Kier molecular flexibility index (Phi) is 4.57. The van der Waals surface area contributed by atoms with Gasteiger partial charge in [-0.1, -0.05) is 23.7 Å². The van der Waals surface area contributed by atoms with Crippen LogP contribution in [0.5, 0.6) is 0 Å². The molecule has 0 spiro atoms. The molecule has 0 atom stereocenters. The number of aromatic nitrogens is 2. The van der Waals surface area contributed by atoms with Gasteiger partial charge in [-0.2, -0.15) is 0 Å². The topological polar surface area (TPSA) is 49.0 Å². The molecule has 1 aliphatic heterocycles. The van der Waals surface area contributed by atoms with E-state index in [2.05, 4.69) is 14.9 Å². The standard InChI is InChI=1S/C20H17ClFN3O/c21-15-6-4-14(5-7-15)19-23-18-8-9-25(12-17(18)20(26)24-19)11-13-2-1-3-16(22)10-13/h1-7,10H,8-9,11-12H2,(H,23,24,26). The second-order valence-corrected chi connectivity index (χ2v) is 6.87. The number of nitrogens with zero attached hydrogens (tertiary/aromatic N) is 2. The predicted octanol–water partition coefficient (Wildman–Crippen LogP) is 3.79. The second kappa shape index (κ2) is 7.02. The van der Waals surface area contributed by atoms with Crippen LogP contribution in [-0.4, -0.2) is 21.4 Å². The van der Waals surface area contributed by atoms with Crippen molar-refractivity contribution in [2.45, 2.75) is 19.5 Å². The Labute approximate surface area is 155 Å². The third-order valence-electron chi connectivity index (χ3n) is 4.56. The average molecular weight is 370 g/mol. The number of rotatable bonds is 3. The Morgan fingerprint density at radius 1 is 1.19 bits per heavy atom. The molecule has 0 unspecified atom stereocenters. The van der Waals surface area contributed by atoms with Crippen molar-refractivity contribution in [1.29, 1.82) is 0 Å². The first kappa shape index (κ1) is 16.9. The molecule has 4 nitrogen and oxygen atoms in total. The molecular formula is C20H17ClFN3O. The Balaban J connectivity index is 1.58. The van der Waals surface area contributed by atoms with Gasteiger partial charge < -0.3 is 4.98 Å². The maximum absolute atomic E-state index is 13.4. The van der Waals surface area contributed by atoms with E-state index in [9.17, 15) is 9.18 Å². The lowest BCUT2D eigenvalue weighted by atomic mass is 10.1. The molecule has 26 heavy (non-hydrogen) atoms. The van der Waals surface area contributed by atoms with Crippen molar-refractivity contribution in [1.82, 2.24) is 14.9 Å². The molecule has 1 N–H and O–H groups in total. The normalized spacial score (nSPS) is 14.2. The van der Waals surface area contributed by atoms with Crippen molar-refractivity contribution in [2.75, 3.05) is 6.54 Å². The lowest BCUT2D eigenvalue weighted by molar-refractivity contribution is 0.241. The zero-order chi connectivity index (χ0) is 18.1. The number of hydrogen-bond acceptors (Lipinski definition) is 3. The van der Waals surface area contributed by atoms with Crippen molar-refractivity contribution >= 4 is 11.6 Å². The van der Waals surface area contributed by atoms with Crippen LogP contribution in [0.15, 0.2) is 53.3 Å². The summed E-state index contributed by atoms with van der Waals surface area (Å²) in [4.78, 5) is 22.2. The van der Waals surface area contributed by atoms with Crippen molar-refractivity contribution in [3.63, 3.8) is 0 Å². The van der Waals surface area contributed by atoms with Crippen LogP contribution < -0.4 is 5.56 Å². The van der Waals surface area contributed by atoms with E-state index in [1.54, 1.807) is 18.2 Å². The molecule has 0 bridgehead atoms. The summed E-state index contributed by atoms with van der Waals surface area (Å²) in [6.07, 6.45) is 0.690. The summed E-state index contributed by atoms with van der Waals surface area (Å²) in [6.45, 7) is 1.89. The minimum absolute atomic E-state index is 0.121. The van der Waals surface area contributed by atoms with E-state index in [-0.39, 0.29) is 11.4 Å². The van der Waals surface area contributed by atoms with Gasteiger partial charge in [-0.25, -0.2) is 9.37 Å². The van der Waals surface area contributed by atoms with E-state index in [1.807, 2.05) is 18.2 Å². The van der Waals surface area contributed by atoms with E-state index < -0.39 is 0 Å². The summed E-state index contributed by atoms with van der Waals surface area (Å²) < 4.78 is 13.4. The molecule has 6 heteroatoms. The predicted molar refractivity (Wildman–Crippen MR) is 99.5 cm³/mol. The highest BCUT2D eigenvalue weighted by atomic mass is 35.5. The molecule has 4 rings (SSSR count). The number of halogens is 2. The fraction of sp³-hybridized carbons (Fsp3) is 0.200. The van der Waals surface area contributed by atoms with Crippen molar-refractivity contribution < 1.29 is 4.39 Å². The van der Waals surface area contributed by atoms with Gasteiger partial charge in [0.2, 0.25) is 0 Å². The van der Waals surface area contributed by atoms with Crippen molar-refractivity contribution in [3.05, 3.63) is 86.5 Å². The molecule has 1 aromatic heterocycles. The summed E-state index contributed by atoms with van der Waals surface area (Å²) >= 11 is 5.92. The zero-order valence-corrected chi connectivity index (χ0v) is 14.8. The minimum Gasteiger partial charge on any atom is -0.306 e. The van der Waals surface area contributed by atoms with E-state index in [0.29, 0.717) is 35.9 Å². The van der Waals surface area contributed by atoms with Crippen molar-refractivity contribution in [2.24, 2.45) is 0 Å². The molecule has 2 heterocycles. The number of benzene rings is 2. The number of H-pyrrole nitrogens is 1. The average Bonchev–Trinajstić information content (AvgIpc) is 2.63. The summed E-state index contributed by atoms with van der Waals surface area (Å²) in [5, 5.41) is 0.641. The van der Waals surface area contributed by atoms with Gasteiger partial charge in [0.05, 0.1) is 11.3 Å². The first-order valence-corrected chi connectivity index (χ1v) is 8.81. The molecule has 0 saturated heterocycles. The van der Waals surface area contributed by atoms with Crippen LogP contribution in [0.1, 0.15) is 16.8 Å². The summed E-state index contributed by atoms with van der Waals surface area (Å²) in [5.74, 6) is 0.316. The van der Waals surface area contributed by atoms with Crippen LogP contribution in [0.4, 0.5) is 4.39 Å². The van der Waals surface area contributed by atoms with Crippen molar-refractivity contribution in [3.8, 4) is 11.4 Å². The molecule has 132 valence electrons. The Hall–Kier alpha value is -2.50.